The number of allylic oxidation sites excluding steroid dienone is 2. The van der Waals surface area contributed by atoms with Crippen molar-refractivity contribution in [3.63, 3.8) is 0 Å². The number of hydrogen-bond donors (Lipinski definition) is 1. The summed E-state index contributed by atoms with van der Waals surface area (Å²) in [5, 5.41) is 0. The summed E-state index contributed by atoms with van der Waals surface area (Å²) in [6, 6.07) is 0. The van der Waals surface area contributed by atoms with Crippen molar-refractivity contribution in [2.75, 3.05) is 0 Å². The Morgan fingerprint density at radius 3 is 2.75 bits per heavy atom. The molecule has 2 N–H and O–H groups in total. The van der Waals surface area contributed by atoms with E-state index < -0.39 is 0 Å². The molecule has 0 atom stereocenters. The van der Waals surface area contributed by atoms with Gasteiger partial charge in [0.15, 0.2) is 0 Å². The lowest BCUT2D eigenvalue weighted by atomic mass is 10.1. The van der Waals surface area contributed by atoms with Crippen LogP contribution in [0.1, 0.15) is 25.7 Å². The Labute approximate surface area is 49.7 Å². The quantitative estimate of drug-likeness (QED) is 0.396. The van der Waals surface area contributed by atoms with E-state index in [0.717, 1.165) is 18.5 Å². The maximum absolute atomic E-state index is 5.06. The van der Waals surface area contributed by atoms with Gasteiger partial charge in [-0.2, -0.15) is 0 Å². The first-order chi connectivity index (χ1) is 3.93. The van der Waals surface area contributed by atoms with Crippen LogP contribution in [0.5, 0.6) is 0 Å². The summed E-state index contributed by atoms with van der Waals surface area (Å²) in [5.74, 6) is 5.06. The first-order valence-electron chi connectivity index (χ1n) is 3.03. The normalized spacial score (nSPS) is 19.9. The minimum absolute atomic E-state index is 1.08. The molecule has 0 amide bonds. The van der Waals surface area contributed by atoms with Crippen LogP contribution < -0.4 is 11.3 Å². The van der Waals surface area contributed by atoms with Crippen molar-refractivity contribution in [3.8, 4) is 0 Å². The van der Waals surface area contributed by atoms with E-state index in [9.17, 15) is 0 Å². The lowest BCUT2D eigenvalue weighted by Gasteiger charge is -2.07. The maximum Gasteiger partial charge on any atom is 0.0505 e. The molecule has 0 bridgehead atoms. The molecule has 0 aromatic heterocycles. The highest BCUT2D eigenvalue weighted by atomic mass is 15.2. The molecule has 1 aliphatic carbocycles. The van der Waals surface area contributed by atoms with Crippen molar-refractivity contribution in [2.45, 2.75) is 25.7 Å². The molecular weight excluding hydrogens is 100 g/mol. The summed E-state index contributed by atoms with van der Waals surface area (Å²) < 4.78 is 0. The molecule has 1 radical (unpaired) electrons. The lowest BCUT2D eigenvalue weighted by Crippen LogP contribution is -2.13. The van der Waals surface area contributed by atoms with Crippen LogP contribution in [0.3, 0.4) is 0 Å². The Balaban J connectivity index is 2.37. The van der Waals surface area contributed by atoms with Crippen molar-refractivity contribution in [1.82, 2.24) is 5.43 Å². The van der Waals surface area contributed by atoms with Crippen molar-refractivity contribution >= 4 is 0 Å². The van der Waals surface area contributed by atoms with Gasteiger partial charge in [-0.3, -0.25) is 0 Å². The van der Waals surface area contributed by atoms with E-state index in [1.165, 1.54) is 12.8 Å². The molecule has 0 aliphatic heterocycles. The molecule has 0 saturated carbocycles. The maximum atomic E-state index is 5.06. The predicted molar refractivity (Wildman–Crippen MR) is 32.9 cm³/mol. The van der Waals surface area contributed by atoms with Gasteiger partial charge in [0.25, 0.3) is 0 Å². The highest BCUT2D eigenvalue weighted by molar-refractivity contribution is 5.00. The van der Waals surface area contributed by atoms with Crippen LogP contribution in [-0.2, 0) is 0 Å². The Kier molecular flexibility index (Phi) is 1.92. The molecule has 0 fully saturated rings. The summed E-state index contributed by atoms with van der Waals surface area (Å²) in [5.41, 5.74) is 4.69. The monoisotopic (exact) mass is 111 g/mol. The number of nitrogens with zero attached hydrogens (tertiary/aromatic N) is 1. The van der Waals surface area contributed by atoms with Crippen molar-refractivity contribution in [3.05, 3.63) is 11.8 Å². The Morgan fingerprint density at radius 1 is 1.50 bits per heavy atom. The molecule has 0 saturated heterocycles. The third-order valence-corrected chi connectivity index (χ3v) is 1.43. The largest absolute Gasteiger partial charge is 0.227 e. The van der Waals surface area contributed by atoms with Gasteiger partial charge in [-0.1, -0.05) is 6.08 Å². The third kappa shape index (κ3) is 1.23. The van der Waals surface area contributed by atoms with E-state index >= 15 is 0 Å². The molecule has 0 heterocycles. The lowest BCUT2D eigenvalue weighted by molar-refractivity contribution is 0.646. The van der Waals surface area contributed by atoms with Gasteiger partial charge in [-0.05, 0) is 25.7 Å². The van der Waals surface area contributed by atoms with Gasteiger partial charge in [0.2, 0.25) is 0 Å². The summed E-state index contributed by atoms with van der Waals surface area (Å²) in [6.07, 6.45) is 6.92. The molecule has 0 spiro atoms. The molecule has 45 valence electrons. The molecule has 1 rings (SSSR count). The minimum Gasteiger partial charge on any atom is -0.227 e. The Morgan fingerprint density at radius 2 is 2.38 bits per heavy atom. The second-order valence-electron chi connectivity index (χ2n) is 2.07. The van der Waals surface area contributed by atoms with E-state index in [1.807, 2.05) is 0 Å². The standard InChI is InChI=1S/C6H11N2/c7-8-6-4-2-1-3-5-6/h4H,1-3,5,7H2. The third-order valence-electron chi connectivity index (χ3n) is 1.43. The summed E-state index contributed by atoms with van der Waals surface area (Å²) in [4.78, 5) is 0. The zero-order valence-electron chi connectivity index (χ0n) is 4.93. The average molecular weight is 111 g/mol. The molecular formula is C6H11N2. The Hall–Kier alpha value is -0.500. The van der Waals surface area contributed by atoms with Gasteiger partial charge in [0.05, 0.1) is 5.70 Å². The van der Waals surface area contributed by atoms with Crippen molar-refractivity contribution < 1.29 is 0 Å². The zero-order valence-corrected chi connectivity index (χ0v) is 4.93. The van der Waals surface area contributed by atoms with E-state index in [1.54, 1.807) is 0 Å². The van der Waals surface area contributed by atoms with E-state index in [-0.39, 0.29) is 0 Å². The van der Waals surface area contributed by atoms with Crippen LogP contribution in [0.15, 0.2) is 11.8 Å². The number of nitrogens with two attached hydrogens (primary N) is 1. The fourth-order valence-corrected chi connectivity index (χ4v) is 0.938. The molecule has 8 heavy (non-hydrogen) atoms. The van der Waals surface area contributed by atoms with Crippen LogP contribution in [0.2, 0.25) is 0 Å². The van der Waals surface area contributed by atoms with Gasteiger partial charge in [-0.15, -0.1) is 0 Å². The van der Waals surface area contributed by atoms with Gasteiger partial charge in [0.1, 0.15) is 0 Å². The predicted octanol–water partition coefficient (Wildman–Crippen LogP) is 0.922. The number of hydrogen-bond acceptors (Lipinski definition) is 1. The summed E-state index contributed by atoms with van der Waals surface area (Å²) >= 11 is 0. The van der Waals surface area contributed by atoms with Crippen LogP contribution in [0.25, 0.3) is 0 Å². The van der Waals surface area contributed by atoms with E-state index in [0.29, 0.717) is 0 Å². The van der Waals surface area contributed by atoms with E-state index in [2.05, 4.69) is 11.5 Å². The minimum atomic E-state index is 1.08. The highest BCUT2D eigenvalue weighted by Crippen LogP contribution is 2.14. The van der Waals surface area contributed by atoms with Gasteiger partial charge in [0, 0.05) is 0 Å². The first-order valence-corrected chi connectivity index (χ1v) is 3.03. The van der Waals surface area contributed by atoms with Crippen LogP contribution in [0.4, 0.5) is 0 Å². The van der Waals surface area contributed by atoms with Crippen LogP contribution in [-0.4, -0.2) is 0 Å². The molecule has 0 aromatic carbocycles. The molecule has 2 nitrogen and oxygen atoms in total. The average Bonchev–Trinajstić information content (AvgIpc) is 1.90. The smallest absolute Gasteiger partial charge is 0.0505 e. The second-order valence-corrected chi connectivity index (χ2v) is 2.07. The topological polar surface area (TPSA) is 40.1 Å². The van der Waals surface area contributed by atoms with Crippen LogP contribution in [0, 0.1) is 0 Å². The SMILES string of the molecule is N[N]C1=CCCCC1. The van der Waals surface area contributed by atoms with Crippen molar-refractivity contribution in [2.24, 2.45) is 5.84 Å². The first kappa shape index (κ1) is 5.63. The zero-order chi connectivity index (χ0) is 5.82. The number of rotatable bonds is 1. The Bertz CT molecular complexity index is 96.7. The summed E-state index contributed by atoms with van der Waals surface area (Å²) in [6.45, 7) is 0. The fraction of sp³-hybridized carbons (Fsp3) is 0.667. The summed E-state index contributed by atoms with van der Waals surface area (Å²) in [7, 11) is 0. The molecule has 0 aromatic rings. The highest BCUT2D eigenvalue weighted by Gasteiger charge is 2.00. The van der Waals surface area contributed by atoms with Gasteiger partial charge in [-0.25, -0.2) is 11.3 Å². The fourth-order valence-electron chi connectivity index (χ4n) is 0.938. The molecule has 2 heteroatoms. The second kappa shape index (κ2) is 2.72. The van der Waals surface area contributed by atoms with Crippen molar-refractivity contribution in [1.29, 1.82) is 0 Å². The van der Waals surface area contributed by atoms with E-state index in [4.69, 9.17) is 5.84 Å². The van der Waals surface area contributed by atoms with Gasteiger partial charge < -0.3 is 0 Å². The van der Waals surface area contributed by atoms with Crippen LogP contribution >= 0.6 is 0 Å². The van der Waals surface area contributed by atoms with Gasteiger partial charge >= 0.3 is 0 Å². The molecule has 0 unspecified atom stereocenters. The molecule has 1 aliphatic rings.